The van der Waals surface area contributed by atoms with E-state index in [1.165, 1.54) is 25.1 Å². The topological polar surface area (TPSA) is 129 Å². The van der Waals surface area contributed by atoms with Gasteiger partial charge in [-0.05, 0) is 44.2 Å². The Bertz CT molecular complexity index is 1340. The van der Waals surface area contributed by atoms with Crippen LogP contribution in [-0.2, 0) is 24.0 Å². The first-order valence-electron chi connectivity index (χ1n) is 11.9. The van der Waals surface area contributed by atoms with Gasteiger partial charge in [0.05, 0.1) is 11.8 Å². The highest BCUT2D eigenvalue weighted by atomic mass is 19.1. The second-order valence-corrected chi connectivity index (χ2v) is 9.73. The summed E-state index contributed by atoms with van der Waals surface area (Å²) < 4.78 is 14.4. The number of nitrogens with zero attached hydrogens (tertiary/aromatic N) is 1. The van der Waals surface area contributed by atoms with Gasteiger partial charge in [-0.25, -0.2) is 4.39 Å². The average molecular weight is 493 g/mol. The fraction of sp³-hybridized carbons (Fsp3) is 0.370. The second-order valence-electron chi connectivity index (χ2n) is 9.73. The SMILES string of the molecule is CC1=CC(=O)C2=C(C1=O)[C@@H](c1cccc(F)c1O)C1=CC[C@@H]3C(=O)N(CCCC(=O)O)C(=O)[C@@H]3[C@@H]1C2. The molecule has 1 heterocycles. The summed E-state index contributed by atoms with van der Waals surface area (Å²) in [5.74, 6) is -7.06. The number of phenols is 1. The number of rotatable bonds is 5. The van der Waals surface area contributed by atoms with Crippen molar-refractivity contribution < 1.29 is 38.6 Å². The van der Waals surface area contributed by atoms with Gasteiger partial charge in [0.1, 0.15) is 0 Å². The van der Waals surface area contributed by atoms with Gasteiger partial charge >= 0.3 is 5.97 Å². The Morgan fingerprint density at radius 1 is 1.14 bits per heavy atom. The number of hydrogen-bond donors (Lipinski definition) is 2. The maximum absolute atomic E-state index is 14.4. The molecule has 2 amide bonds. The molecule has 36 heavy (non-hydrogen) atoms. The number of carboxylic acid groups (broad SMARTS) is 1. The molecule has 0 radical (unpaired) electrons. The fourth-order valence-electron chi connectivity index (χ4n) is 6.16. The van der Waals surface area contributed by atoms with Crippen LogP contribution in [-0.4, -0.2) is 51.0 Å². The number of amides is 2. The number of carbonyl (C=O) groups excluding carboxylic acids is 4. The number of aliphatic carboxylic acids is 1. The lowest BCUT2D eigenvalue weighted by Gasteiger charge is -2.42. The number of phenolic OH excluding ortho intramolecular Hbond substituents is 1. The van der Waals surface area contributed by atoms with E-state index in [-0.39, 0.29) is 72.0 Å². The van der Waals surface area contributed by atoms with Gasteiger partial charge in [0.2, 0.25) is 11.8 Å². The summed E-state index contributed by atoms with van der Waals surface area (Å²) in [5, 5.41) is 19.5. The largest absolute Gasteiger partial charge is 0.505 e. The van der Waals surface area contributed by atoms with E-state index in [0.717, 1.165) is 11.0 Å². The quantitative estimate of drug-likeness (QED) is 0.367. The number of fused-ring (bicyclic) bond motifs is 3. The maximum Gasteiger partial charge on any atom is 0.303 e. The van der Waals surface area contributed by atoms with Crippen LogP contribution < -0.4 is 0 Å². The molecule has 0 saturated carbocycles. The Morgan fingerprint density at radius 3 is 2.61 bits per heavy atom. The number of imide groups is 1. The molecule has 8 nitrogen and oxygen atoms in total. The minimum atomic E-state index is -1.02. The van der Waals surface area contributed by atoms with Gasteiger partial charge in [0, 0.05) is 41.2 Å². The molecular weight excluding hydrogens is 469 g/mol. The number of ketones is 2. The molecule has 3 aliphatic carbocycles. The summed E-state index contributed by atoms with van der Waals surface area (Å²) in [5.41, 5.74) is 1.37. The third-order valence-electron chi connectivity index (χ3n) is 7.76. The van der Waals surface area contributed by atoms with Crippen molar-refractivity contribution in [1.82, 2.24) is 4.90 Å². The Morgan fingerprint density at radius 2 is 1.89 bits per heavy atom. The molecule has 5 rings (SSSR count). The third kappa shape index (κ3) is 3.53. The lowest BCUT2D eigenvalue weighted by Crippen LogP contribution is -2.40. The number of carboxylic acids is 1. The molecule has 1 aliphatic heterocycles. The molecule has 1 saturated heterocycles. The van der Waals surface area contributed by atoms with Crippen LogP contribution in [0.25, 0.3) is 0 Å². The number of likely N-dealkylation sites (tertiary alicyclic amines) is 1. The van der Waals surface area contributed by atoms with Crippen LogP contribution in [0.3, 0.4) is 0 Å². The minimum Gasteiger partial charge on any atom is -0.505 e. The van der Waals surface area contributed by atoms with Crippen molar-refractivity contribution >= 4 is 29.4 Å². The van der Waals surface area contributed by atoms with Gasteiger partial charge in [0.25, 0.3) is 0 Å². The van der Waals surface area contributed by atoms with Crippen LogP contribution in [0.4, 0.5) is 4.39 Å². The van der Waals surface area contributed by atoms with E-state index in [1.54, 1.807) is 6.08 Å². The first kappa shape index (κ1) is 23.8. The molecule has 2 N–H and O–H groups in total. The van der Waals surface area contributed by atoms with Crippen molar-refractivity contribution in [3.8, 4) is 5.75 Å². The van der Waals surface area contributed by atoms with Crippen molar-refractivity contribution in [2.45, 2.75) is 38.5 Å². The number of carbonyl (C=O) groups is 5. The van der Waals surface area contributed by atoms with E-state index in [1.807, 2.05) is 0 Å². The lowest BCUT2D eigenvalue weighted by molar-refractivity contribution is -0.142. The number of allylic oxidation sites excluding steroid dienone is 6. The summed E-state index contributed by atoms with van der Waals surface area (Å²) in [6.07, 6.45) is 3.26. The van der Waals surface area contributed by atoms with E-state index in [2.05, 4.69) is 0 Å². The number of hydrogen-bond acceptors (Lipinski definition) is 6. The smallest absolute Gasteiger partial charge is 0.303 e. The Balaban J connectivity index is 1.60. The van der Waals surface area contributed by atoms with E-state index in [0.29, 0.717) is 5.57 Å². The fourth-order valence-corrected chi connectivity index (χ4v) is 6.16. The molecule has 0 spiro atoms. The summed E-state index contributed by atoms with van der Waals surface area (Å²) in [6.45, 7) is 1.51. The van der Waals surface area contributed by atoms with E-state index in [9.17, 15) is 33.5 Å². The van der Waals surface area contributed by atoms with Gasteiger partial charge in [-0.1, -0.05) is 23.8 Å². The normalized spacial score (nSPS) is 27.4. The lowest BCUT2D eigenvalue weighted by atomic mass is 9.59. The molecule has 0 unspecified atom stereocenters. The molecule has 1 aromatic rings. The second kappa shape index (κ2) is 8.65. The molecule has 1 fully saturated rings. The summed E-state index contributed by atoms with van der Waals surface area (Å²) in [7, 11) is 0. The zero-order valence-electron chi connectivity index (χ0n) is 19.5. The van der Waals surface area contributed by atoms with Gasteiger partial charge in [-0.3, -0.25) is 28.9 Å². The van der Waals surface area contributed by atoms with E-state index in [4.69, 9.17) is 5.11 Å². The van der Waals surface area contributed by atoms with Crippen LogP contribution >= 0.6 is 0 Å². The zero-order valence-corrected chi connectivity index (χ0v) is 19.5. The van der Waals surface area contributed by atoms with Crippen molar-refractivity contribution in [3.05, 3.63) is 64.0 Å². The highest BCUT2D eigenvalue weighted by Crippen LogP contribution is 2.56. The highest BCUT2D eigenvalue weighted by Gasteiger charge is 2.56. The number of halogens is 1. The monoisotopic (exact) mass is 493 g/mol. The molecular formula is C27H24FNO7. The first-order chi connectivity index (χ1) is 17.1. The Hall–Kier alpha value is -3.88. The molecule has 0 bridgehead atoms. The zero-order chi connectivity index (χ0) is 25.9. The molecule has 1 aromatic carbocycles. The van der Waals surface area contributed by atoms with Gasteiger partial charge in [-0.2, -0.15) is 0 Å². The van der Waals surface area contributed by atoms with E-state index < -0.39 is 47.1 Å². The van der Waals surface area contributed by atoms with Crippen molar-refractivity contribution in [2.75, 3.05) is 6.54 Å². The molecule has 9 heteroatoms. The predicted molar refractivity (Wildman–Crippen MR) is 123 cm³/mol. The van der Waals surface area contributed by atoms with Gasteiger partial charge < -0.3 is 10.2 Å². The van der Waals surface area contributed by atoms with Crippen molar-refractivity contribution in [3.63, 3.8) is 0 Å². The maximum atomic E-state index is 14.4. The minimum absolute atomic E-state index is 0.0135. The molecule has 0 aromatic heterocycles. The Kier molecular flexibility index (Phi) is 5.73. The standard InChI is InChI=1S/C27H24FNO7/c1-12-10-19(30)17-11-16-13(21(23(17)24(12)33)14-4-2-5-18(28)25(14)34)7-8-15-22(16)27(36)29(26(15)35)9-3-6-20(31)32/h2,4-5,7,10,15-16,21-22,34H,3,6,8-9,11H2,1H3,(H,31,32)/t15-,16+,21+,22-/m0/s1. The summed E-state index contributed by atoms with van der Waals surface area (Å²) >= 11 is 0. The van der Waals surface area contributed by atoms with Crippen molar-refractivity contribution in [1.29, 1.82) is 0 Å². The summed E-state index contributed by atoms with van der Waals surface area (Å²) in [6, 6.07) is 3.99. The van der Waals surface area contributed by atoms with Crippen LogP contribution in [0.1, 0.15) is 44.1 Å². The average Bonchev–Trinajstić information content (AvgIpc) is 3.08. The third-order valence-corrected chi connectivity index (χ3v) is 7.76. The number of Topliss-reactive ketones (excluding diaryl/α,β-unsaturated/α-hetero) is 1. The van der Waals surface area contributed by atoms with Crippen LogP contribution in [0.5, 0.6) is 5.75 Å². The van der Waals surface area contributed by atoms with E-state index >= 15 is 0 Å². The number of para-hydroxylation sites is 1. The van der Waals surface area contributed by atoms with Gasteiger partial charge in [0.15, 0.2) is 23.1 Å². The molecule has 186 valence electrons. The molecule has 4 atom stereocenters. The predicted octanol–water partition coefficient (Wildman–Crippen LogP) is 2.83. The number of benzene rings is 1. The number of aromatic hydroxyl groups is 1. The molecule has 4 aliphatic rings. The van der Waals surface area contributed by atoms with Crippen LogP contribution in [0.15, 0.2) is 52.6 Å². The summed E-state index contributed by atoms with van der Waals surface area (Å²) in [4.78, 5) is 64.8. The van der Waals surface area contributed by atoms with Gasteiger partial charge in [-0.15, -0.1) is 0 Å². The van der Waals surface area contributed by atoms with Crippen molar-refractivity contribution in [2.24, 2.45) is 17.8 Å². The first-order valence-corrected chi connectivity index (χ1v) is 11.9. The highest BCUT2D eigenvalue weighted by molar-refractivity contribution is 6.24. The van der Waals surface area contributed by atoms with Crippen LogP contribution in [0.2, 0.25) is 0 Å². The van der Waals surface area contributed by atoms with Crippen LogP contribution in [0, 0.1) is 23.6 Å². The Labute approximate surface area is 205 Å².